The van der Waals surface area contributed by atoms with Gasteiger partial charge in [-0.15, -0.1) is 0 Å². The second kappa shape index (κ2) is 9.74. The average Bonchev–Trinajstić information content (AvgIpc) is 0.918. The summed E-state index contributed by atoms with van der Waals surface area (Å²) in [5.74, 6) is 0. The molecule has 0 aromatic heterocycles. The first-order chi connectivity index (χ1) is 1.41. The molecule has 0 aliphatic rings. The Morgan fingerprint density at radius 2 is 1.75 bits per heavy atom. The molecule has 0 unspecified atom stereocenters. The van der Waals surface area contributed by atoms with Crippen LogP contribution in [0.2, 0.25) is 0 Å². The SMILES string of the molecule is CCO.[Cr]. The van der Waals surface area contributed by atoms with Gasteiger partial charge in [-0.05, 0) is 6.92 Å². The summed E-state index contributed by atoms with van der Waals surface area (Å²) in [4.78, 5) is 0. The molecule has 0 rings (SSSR count). The van der Waals surface area contributed by atoms with Crippen LogP contribution in [0.4, 0.5) is 0 Å². The van der Waals surface area contributed by atoms with Gasteiger partial charge in [0.15, 0.2) is 0 Å². The first kappa shape index (κ1) is 8.82. The molecule has 0 atom stereocenters. The largest absolute Gasteiger partial charge is 0.397 e. The van der Waals surface area contributed by atoms with Gasteiger partial charge < -0.3 is 5.11 Å². The third-order valence-corrected chi connectivity index (χ3v) is 0. The zero-order valence-electron chi connectivity index (χ0n) is 2.56. The summed E-state index contributed by atoms with van der Waals surface area (Å²) in [6.45, 7) is 1.93. The van der Waals surface area contributed by atoms with Crippen molar-refractivity contribution in [3.63, 3.8) is 0 Å². The third-order valence-electron chi connectivity index (χ3n) is 0. The molecule has 0 saturated heterocycles. The Kier molecular flexibility index (Phi) is 21.5. The molecule has 0 saturated carbocycles. The van der Waals surface area contributed by atoms with Gasteiger partial charge in [0, 0.05) is 24.0 Å². The minimum atomic E-state index is 0. The van der Waals surface area contributed by atoms with Gasteiger partial charge in [-0.1, -0.05) is 0 Å². The van der Waals surface area contributed by atoms with Gasteiger partial charge in [-0.25, -0.2) is 0 Å². The van der Waals surface area contributed by atoms with E-state index < -0.39 is 0 Å². The fraction of sp³-hybridized carbons (Fsp3) is 1.00. The summed E-state index contributed by atoms with van der Waals surface area (Å²) in [5, 5.41) is 7.57. The van der Waals surface area contributed by atoms with E-state index in [0.717, 1.165) is 0 Å². The number of hydrogen-bond acceptors (Lipinski definition) is 1. The molecule has 26 valence electrons. The smallest absolute Gasteiger partial charge is 0.0402 e. The Balaban J connectivity index is 0. The van der Waals surface area contributed by atoms with E-state index in [2.05, 4.69) is 0 Å². The molecule has 0 aliphatic carbocycles. The van der Waals surface area contributed by atoms with E-state index in [1.165, 1.54) is 0 Å². The van der Waals surface area contributed by atoms with Gasteiger partial charge in [0.05, 0.1) is 0 Å². The maximum absolute atomic E-state index is 7.57. The Hall–Kier alpha value is 0.492. The van der Waals surface area contributed by atoms with Crippen LogP contribution in [0.25, 0.3) is 0 Å². The van der Waals surface area contributed by atoms with Crippen molar-refractivity contribution in [1.29, 1.82) is 0 Å². The molecule has 2 heteroatoms. The summed E-state index contributed by atoms with van der Waals surface area (Å²) in [6, 6.07) is 0. The van der Waals surface area contributed by atoms with Gasteiger partial charge in [0.2, 0.25) is 0 Å². The average molecular weight is 98.1 g/mol. The second-order valence-electron chi connectivity index (χ2n) is 0.316. The summed E-state index contributed by atoms with van der Waals surface area (Å²) in [6.07, 6.45) is 0. The standard InChI is InChI=1S/C2H6O.Cr/c1-2-3;/h3H,2H2,1H3;. The second-order valence-corrected chi connectivity index (χ2v) is 0.316. The van der Waals surface area contributed by atoms with Crippen molar-refractivity contribution in [2.45, 2.75) is 6.92 Å². The maximum Gasteiger partial charge on any atom is 0.0402 e. The molecular formula is C2H6CrO. The van der Waals surface area contributed by atoms with Crippen LogP contribution in [0.1, 0.15) is 6.92 Å². The van der Waals surface area contributed by atoms with Gasteiger partial charge >= 0.3 is 0 Å². The molecule has 0 aromatic carbocycles. The fourth-order valence-electron chi connectivity index (χ4n) is 0. The molecule has 0 bridgehead atoms. The molecular weight excluding hydrogens is 92.0 g/mol. The molecule has 0 spiro atoms. The van der Waals surface area contributed by atoms with Gasteiger partial charge in [-0.3, -0.25) is 0 Å². The van der Waals surface area contributed by atoms with E-state index in [1.807, 2.05) is 0 Å². The molecule has 4 heavy (non-hydrogen) atoms. The molecule has 0 heterocycles. The van der Waals surface area contributed by atoms with Crippen molar-refractivity contribution in [1.82, 2.24) is 0 Å². The minimum absolute atomic E-state index is 0. The topological polar surface area (TPSA) is 20.2 Å². The third kappa shape index (κ3) is 22.9. The van der Waals surface area contributed by atoms with E-state index in [1.54, 1.807) is 6.92 Å². The molecule has 0 amide bonds. The van der Waals surface area contributed by atoms with Crippen molar-refractivity contribution in [3.8, 4) is 0 Å². The normalized spacial score (nSPS) is 4.50. The van der Waals surface area contributed by atoms with Crippen LogP contribution >= 0.6 is 0 Å². The maximum atomic E-state index is 7.57. The van der Waals surface area contributed by atoms with Crippen molar-refractivity contribution >= 4 is 0 Å². The Labute approximate surface area is 36.8 Å². The monoisotopic (exact) mass is 98.0 g/mol. The van der Waals surface area contributed by atoms with Gasteiger partial charge in [-0.2, -0.15) is 0 Å². The van der Waals surface area contributed by atoms with E-state index in [0.29, 0.717) is 0 Å². The Bertz CT molecular complexity index is 6.00. The predicted molar refractivity (Wildman–Crippen MR) is 12.8 cm³/mol. The van der Waals surface area contributed by atoms with Crippen molar-refractivity contribution in [3.05, 3.63) is 0 Å². The van der Waals surface area contributed by atoms with Crippen molar-refractivity contribution in [2.24, 2.45) is 0 Å². The van der Waals surface area contributed by atoms with E-state index >= 15 is 0 Å². The van der Waals surface area contributed by atoms with Crippen LogP contribution in [0.15, 0.2) is 0 Å². The molecule has 0 radical (unpaired) electrons. The fourth-order valence-corrected chi connectivity index (χ4v) is 0. The number of aliphatic hydroxyl groups is 1. The zero-order valence-corrected chi connectivity index (χ0v) is 3.84. The van der Waals surface area contributed by atoms with Crippen molar-refractivity contribution in [2.75, 3.05) is 6.61 Å². The van der Waals surface area contributed by atoms with Crippen LogP contribution in [0.3, 0.4) is 0 Å². The van der Waals surface area contributed by atoms with Crippen LogP contribution < -0.4 is 0 Å². The van der Waals surface area contributed by atoms with Crippen LogP contribution in [0.5, 0.6) is 0 Å². The van der Waals surface area contributed by atoms with Crippen LogP contribution in [-0.4, -0.2) is 11.7 Å². The quantitative estimate of drug-likeness (QED) is 0.452. The molecule has 1 N–H and O–H groups in total. The Morgan fingerprint density at radius 1 is 1.75 bits per heavy atom. The van der Waals surface area contributed by atoms with Crippen LogP contribution in [-0.2, 0) is 17.4 Å². The van der Waals surface area contributed by atoms with E-state index in [4.69, 9.17) is 5.11 Å². The zero-order chi connectivity index (χ0) is 2.71. The summed E-state index contributed by atoms with van der Waals surface area (Å²) >= 11 is 0. The molecule has 0 fully saturated rings. The number of aliphatic hydroxyl groups excluding tert-OH is 1. The molecule has 0 aliphatic heterocycles. The molecule has 0 aromatic rings. The minimum Gasteiger partial charge on any atom is -0.397 e. The van der Waals surface area contributed by atoms with Gasteiger partial charge in [0.1, 0.15) is 0 Å². The van der Waals surface area contributed by atoms with Crippen LogP contribution in [0, 0.1) is 0 Å². The number of rotatable bonds is 0. The first-order valence-electron chi connectivity index (χ1n) is 1.02. The summed E-state index contributed by atoms with van der Waals surface area (Å²) in [7, 11) is 0. The molecule has 1 nitrogen and oxygen atoms in total. The predicted octanol–water partition coefficient (Wildman–Crippen LogP) is -0.00390. The van der Waals surface area contributed by atoms with E-state index in [9.17, 15) is 0 Å². The first-order valence-corrected chi connectivity index (χ1v) is 1.02. The van der Waals surface area contributed by atoms with Crippen molar-refractivity contribution < 1.29 is 22.5 Å². The summed E-state index contributed by atoms with van der Waals surface area (Å²) in [5.41, 5.74) is 0. The van der Waals surface area contributed by atoms with Gasteiger partial charge in [0.25, 0.3) is 0 Å². The Morgan fingerprint density at radius 3 is 1.75 bits per heavy atom. The van der Waals surface area contributed by atoms with E-state index in [-0.39, 0.29) is 24.0 Å². The summed E-state index contributed by atoms with van der Waals surface area (Å²) < 4.78 is 0. The number of hydrogen-bond donors (Lipinski definition) is 1.